The summed E-state index contributed by atoms with van der Waals surface area (Å²) in [6.45, 7) is 3.01. The molecule has 1 heterocycles. The van der Waals surface area contributed by atoms with Crippen LogP contribution < -0.4 is 4.72 Å². The van der Waals surface area contributed by atoms with Crippen molar-refractivity contribution in [2.45, 2.75) is 31.6 Å². The van der Waals surface area contributed by atoms with Crippen molar-refractivity contribution in [3.05, 3.63) is 0 Å². The first-order valence-electron chi connectivity index (χ1n) is 4.57. The van der Waals surface area contributed by atoms with Crippen LogP contribution >= 0.6 is 0 Å². The molecular weight excluding hydrogens is 220 g/mol. The highest BCUT2D eigenvalue weighted by molar-refractivity contribution is 7.90. The van der Waals surface area contributed by atoms with Gasteiger partial charge in [0.15, 0.2) is 0 Å². The van der Waals surface area contributed by atoms with Crippen molar-refractivity contribution in [2.75, 3.05) is 7.05 Å². The smallest absolute Gasteiger partial charge is 0.247 e. The molecule has 86 valence electrons. The molecule has 0 aromatic heterocycles. The molecule has 15 heavy (non-hydrogen) atoms. The highest BCUT2D eigenvalue weighted by atomic mass is 32.2. The Morgan fingerprint density at radius 3 is 2.27 bits per heavy atom. The lowest BCUT2D eigenvalue weighted by Gasteiger charge is -2.13. The summed E-state index contributed by atoms with van der Waals surface area (Å²) in [6, 6.07) is -0.935. The van der Waals surface area contributed by atoms with Crippen molar-refractivity contribution in [1.82, 2.24) is 9.62 Å². The number of likely N-dealkylation sites (N-methyl/N-ethyl adjacent to an activating group) is 1. The fraction of sp³-hybridized carbons (Fsp3) is 0.750. The number of nitrogens with zero attached hydrogens (tertiary/aromatic N) is 1. The molecule has 0 aliphatic carbocycles. The summed E-state index contributed by atoms with van der Waals surface area (Å²) in [6.07, 6.45) is -0.0959. The third-order valence-corrected chi connectivity index (χ3v) is 4.16. The van der Waals surface area contributed by atoms with Crippen molar-refractivity contribution >= 4 is 21.8 Å². The molecule has 0 saturated carbocycles. The van der Waals surface area contributed by atoms with Crippen LogP contribution in [0.4, 0.5) is 0 Å². The maximum Gasteiger partial charge on any atom is 0.247 e. The van der Waals surface area contributed by atoms with E-state index in [0.29, 0.717) is 0 Å². The number of sulfonamides is 1. The van der Waals surface area contributed by atoms with E-state index >= 15 is 0 Å². The molecule has 1 unspecified atom stereocenters. The Morgan fingerprint density at radius 2 is 1.93 bits per heavy atom. The molecule has 1 fully saturated rings. The Morgan fingerprint density at radius 1 is 1.40 bits per heavy atom. The highest BCUT2D eigenvalue weighted by Crippen LogP contribution is 2.12. The zero-order valence-corrected chi connectivity index (χ0v) is 9.67. The summed E-state index contributed by atoms with van der Waals surface area (Å²) < 4.78 is 25.1. The summed E-state index contributed by atoms with van der Waals surface area (Å²) in [5, 5.41) is -0.619. The number of hydrogen-bond acceptors (Lipinski definition) is 4. The number of carbonyl (C=O) groups is 2. The van der Waals surface area contributed by atoms with E-state index in [2.05, 4.69) is 4.72 Å². The number of amides is 2. The fourth-order valence-electron chi connectivity index (χ4n) is 1.18. The average Bonchev–Trinajstić information content (AvgIpc) is 2.33. The lowest BCUT2D eigenvalue weighted by atomic mass is 10.3. The van der Waals surface area contributed by atoms with E-state index in [4.69, 9.17) is 0 Å². The first kappa shape index (κ1) is 12.1. The number of carbonyl (C=O) groups excluding carboxylic acids is 2. The average molecular weight is 234 g/mol. The topological polar surface area (TPSA) is 83.6 Å². The molecule has 1 N–H and O–H groups in total. The second-order valence-electron chi connectivity index (χ2n) is 3.76. The van der Waals surface area contributed by atoms with Gasteiger partial charge in [0.2, 0.25) is 21.8 Å². The van der Waals surface area contributed by atoms with Gasteiger partial charge >= 0.3 is 0 Å². The molecule has 0 bridgehead atoms. The molecule has 1 atom stereocenters. The van der Waals surface area contributed by atoms with E-state index in [-0.39, 0.29) is 12.3 Å². The lowest BCUT2D eigenvalue weighted by molar-refractivity contribution is -0.137. The van der Waals surface area contributed by atoms with Gasteiger partial charge in [-0.2, -0.15) is 0 Å². The first-order valence-corrected chi connectivity index (χ1v) is 6.12. The summed E-state index contributed by atoms with van der Waals surface area (Å²) >= 11 is 0. The van der Waals surface area contributed by atoms with Gasteiger partial charge in [0.1, 0.15) is 6.04 Å². The number of imide groups is 1. The summed E-state index contributed by atoms with van der Waals surface area (Å²) in [5.41, 5.74) is 0. The molecular formula is C8H14N2O4S. The molecule has 2 amide bonds. The minimum absolute atomic E-state index is 0.0959. The monoisotopic (exact) mass is 234 g/mol. The zero-order chi connectivity index (χ0) is 11.8. The van der Waals surface area contributed by atoms with Gasteiger partial charge in [-0.25, -0.2) is 13.1 Å². The van der Waals surface area contributed by atoms with Crippen molar-refractivity contribution in [3.63, 3.8) is 0 Å². The maximum absolute atomic E-state index is 11.5. The third kappa shape index (κ3) is 2.35. The predicted molar refractivity (Wildman–Crippen MR) is 53.4 cm³/mol. The van der Waals surface area contributed by atoms with Gasteiger partial charge in [0.25, 0.3) is 0 Å². The molecule has 1 aliphatic heterocycles. The van der Waals surface area contributed by atoms with Gasteiger partial charge < -0.3 is 0 Å². The third-order valence-electron chi connectivity index (χ3n) is 2.31. The minimum atomic E-state index is -3.51. The molecule has 0 aromatic rings. The summed E-state index contributed by atoms with van der Waals surface area (Å²) in [5.74, 6) is -0.860. The van der Waals surface area contributed by atoms with Gasteiger partial charge in [0.05, 0.1) is 11.7 Å². The molecule has 1 saturated heterocycles. The van der Waals surface area contributed by atoms with E-state index in [0.717, 1.165) is 4.90 Å². The largest absolute Gasteiger partial charge is 0.284 e. The molecule has 0 radical (unpaired) electrons. The molecule has 1 aliphatic rings. The van der Waals surface area contributed by atoms with E-state index in [9.17, 15) is 18.0 Å². The first-order chi connectivity index (χ1) is 6.75. The van der Waals surface area contributed by atoms with Crippen LogP contribution in [-0.4, -0.2) is 43.5 Å². The summed E-state index contributed by atoms with van der Waals surface area (Å²) in [7, 11) is -2.17. The number of likely N-dealkylation sites (tertiary alicyclic amines) is 1. The van der Waals surface area contributed by atoms with Crippen LogP contribution in [0.25, 0.3) is 0 Å². The maximum atomic E-state index is 11.5. The SMILES string of the molecule is CC(C)S(=O)(=O)NC1CC(=O)N(C)C1=O. The summed E-state index contributed by atoms with van der Waals surface area (Å²) in [4.78, 5) is 23.5. The van der Waals surface area contributed by atoms with Crippen LogP contribution in [0.3, 0.4) is 0 Å². The fourth-order valence-corrected chi connectivity index (χ4v) is 2.03. The second-order valence-corrected chi connectivity index (χ2v) is 6.03. The van der Waals surface area contributed by atoms with Gasteiger partial charge in [-0.1, -0.05) is 0 Å². The Hall–Kier alpha value is -0.950. The van der Waals surface area contributed by atoms with E-state index in [1.807, 2.05) is 0 Å². The van der Waals surface area contributed by atoms with Gasteiger partial charge in [-0.15, -0.1) is 0 Å². The zero-order valence-electron chi connectivity index (χ0n) is 8.85. The quantitative estimate of drug-likeness (QED) is 0.640. The van der Waals surface area contributed by atoms with Crippen molar-refractivity contribution < 1.29 is 18.0 Å². The normalized spacial score (nSPS) is 22.9. The van der Waals surface area contributed by atoms with Crippen LogP contribution in [-0.2, 0) is 19.6 Å². The van der Waals surface area contributed by atoms with Gasteiger partial charge in [0, 0.05) is 7.05 Å². The van der Waals surface area contributed by atoms with E-state index in [1.54, 1.807) is 0 Å². The molecule has 1 rings (SSSR count). The van der Waals surface area contributed by atoms with Crippen LogP contribution in [0.2, 0.25) is 0 Å². The van der Waals surface area contributed by atoms with Gasteiger partial charge in [-0.3, -0.25) is 14.5 Å². The van der Waals surface area contributed by atoms with E-state index < -0.39 is 27.2 Å². The van der Waals surface area contributed by atoms with Crippen LogP contribution in [0.5, 0.6) is 0 Å². The Kier molecular flexibility index (Phi) is 3.15. The molecule has 0 spiro atoms. The van der Waals surface area contributed by atoms with Crippen molar-refractivity contribution in [2.24, 2.45) is 0 Å². The Labute approximate surface area is 88.7 Å². The number of nitrogens with one attached hydrogen (secondary N) is 1. The lowest BCUT2D eigenvalue weighted by Crippen LogP contribution is -2.43. The van der Waals surface area contributed by atoms with Crippen molar-refractivity contribution in [1.29, 1.82) is 0 Å². The Balaban J connectivity index is 2.78. The predicted octanol–water partition coefficient (Wildman–Crippen LogP) is -0.928. The molecule has 7 heteroatoms. The standard InChI is InChI=1S/C8H14N2O4S/c1-5(2)15(13,14)9-6-4-7(11)10(3)8(6)12/h5-6,9H,4H2,1-3H3. The van der Waals surface area contributed by atoms with Gasteiger partial charge in [-0.05, 0) is 13.8 Å². The van der Waals surface area contributed by atoms with Crippen LogP contribution in [0.15, 0.2) is 0 Å². The minimum Gasteiger partial charge on any atom is -0.284 e. The number of rotatable bonds is 3. The molecule has 6 nitrogen and oxygen atoms in total. The highest BCUT2D eigenvalue weighted by Gasteiger charge is 2.38. The van der Waals surface area contributed by atoms with Crippen molar-refractivity contribution in [3.8, 4) is 0 Å². The second kappa shape index (κ2) is 3.90. The van der Waals surface area contributed by atoms with Crippen LogP contribution in [0, 0.1) is 0 Å². The number of hydrogen-bond donors (Lipinski definition) is 1. The van der Waals surface area contributed by atoms with Crippen LogP contribution in [0.1, 0.15) is 20.3 Å². The molecule has 0 aromatic carbocycles. The van der Waals surface area contributed by atoms with E-state index in [1.165, 1.54) is 20.9 Å². The Bertz CT molecular complexity index is 387.